The molecule has 8 heteroatoms. The van der Waals surface area contributed by atoms with Crippen LogP contribution in [0.25, 0.3) is 0 Å². The molecule has 1 aromatic heterocycles. The second-order valence-electron chi connectivity index (χ2n) is 6.54. The summed E-state index contributed by atoms with van der Waals surface area (Å²) in [6.45, 7) is 3.26. The molecule has 3 rings (SSSR count). The molecule has 132 valence electrons. The Morgan fingerprint density at radius 2 is 2.17 bits per heavy atom. The molecule has 0 unspecified atom stereocenters. The number of aromatic carboxylic acids is 1. The van der Waals surface area contributed by atoms with Gasteiger partial charge in [-0.2, -0.15) is 5.10 Å². The molecule has 0 bridgehead atoms. The summed E-state index contributed by atoms with van der Waals surface area (Å²) in [7, 11) is 0. The number of carboxylic acid groups (broad SMARTS) is 1. The van der Waals surface area contributed by atoms with E-state index in [9.17, 15) is 14.7 Å². The van der Waals surface area contributed by atoms with E-state index >= 15 is 0 Å². The first kappa shape index (κ1) is 16.9. The van der Waals surface area contributed by atoms with Crippen molar-refractivity contribution in [1.82, 2.24) is 14.7 Å². The lowest BCUT2D eigenvalue weighted by atomic mass is 9.93. The first-order chi connectivity index (χ1) is 11.5. The summed E-state index contributed by atoms with van der Waals surface area (Å²) in [5, 5.41) is 22.6. The molecular formula is C16H23N3O5. The molecule has 2 aliphatic rings. The Hall–Kier alpha value is -1.93. The largest absolute Gasteiger partial charge is 0.476 e. The highest BCUT2D eigenvalue weighted by Crippen LogP contribution is 2.30. The lowest BCUT2D eigenvalue weighted by molar-refractivity contribution is -0.162. The van der Waals surface area contributed by atoms with Crippen LogP contribution in [0.3, 0.4) is 0 Å². The molecule has 2 N–H and O–H groups in total. The highest BCUT2D eigenvalue weighted by atomic mass is 16.5. The number of aliphatic hydroxyl groups excluding tert-OH is 1. The average molecular weight is 337 g/mol. The van der Waals surface area contributed by atoms with Crippen molar-refractivity contribution in [2.45, 2.75) is 51.3 Å². The van der Waals surface area contributed by atoms with Crippen molar-refractivity contribution in [3.8, 4) is 0 Å². The zero-order valence-corrected chi connectivity index (χ0v) is 13.8. The molecule has 3 heterocycles. The minimum Gasteiger partial charge on any atom is -0.476 e. The summed E-state index contributed by atoms with van der Waals surface area (Å²) in [4.78, 5) is 26.0. The maximum Gasteiger partial charge on any atom is 0.356 e. The van der Waals surface area contributed by atoms with E-state index in [1.807, 2.05) is 6.92 Å². The van der Waals surface area contributed by atoms with Gasteiger partial charge < -0.3 is 19.8 Å². The number of aliphatic hydroxyl groups is 1. The van der Waals surface area contributed by atoms with Crippen LogP contribution in [-0.2, 0) is 29.0 Å². The van der Waals surface area contributed by atoms with Gasteiger partial charge in [0.1, 0.15) is 5.60 Å². The molecule has 8 nitrogen and oxygen atoms in total. The number of fused-ring (bicyclic) bond motifs is 1. The number of ether oxygens (including phenoxy) is 1. The summed E-state index contributed by atoms with van der Waals surface area (Å²) in [5.74, 6) is -1.20. The van der Waals surface area contributed by atoms with Crippen molar-refractivity contribution in [2.75, 3.05) is 19.8 Å². The normalized spacial score (nSPS) is 23.8. The standard InChI is InChI=1S/C16H23N3O5/c1-16(5-2-3-9-24-16)15(23)18-6-4-12-11(10-18)13(14(21)22)17-19(12)7-8-20/h20H,2-10H2,1H3,(H,21,22)/t16-/m1/s1. The number of nitrogens with zero attached hydrogens (tertiary/aromatic N) is 3. The number of rotatable bonds is 4. The molecule has 0 aliphatic carbocycles. The molecule has 0 radical (unpaired) electrons. The van der Waals surface area contributed by atoms with Gasteiger partial charge in [0, 0.05) is 30.8 Å². The van der Waals surface area contributed by atoms with Crippen LogP contribution in [0.2, 0.25) is 0 Å². The van der Waals surface area contributed by atoms with Crippen molar-refractivity contribution in [1.29, 1.82) is 0 Å². The van der Waals surface area contributed by atoms with Gasteiger partial charge in [-0.3, -0.25) is 9.48 Å². The molecule has 1 aromatic rings. The molecule has 24 heavy (non-hydrogen) atoms. The monoisotopic (exact) mass is 337 g/mol. The van der Waals surface area contributed by atoms with E-state index < -0.39 is 11.6 Å². The fourth-order valence-corrected chi connectivity index (χ4v) is 3.55. The topological polar surface area (TPSA) is 105 Å². The number of carbonyl (C=O) groups is 2. The van der Waals surface area contributed by atoms with E-state index in [4.69, 9.17) is 9.84 Å². The Morgan fingerprint density at radius 1 is 1.38 bits per heavy atom. The molecule has 1 saturated heterocycles. The van der Waals surface area contributed by atoms with Gasteiger partial charge in [-0.15, -0.1) is 0 Å². The third kappa shape index (κ3) is 2.91. The smallest absolute Gasteiger partial charge is 0.356 e. The van der Waals surface area contributed by atoms with Gasteiger partial charge in [0.25, 0.3) is 5.91 Å². The second kappa shape index (κ2) is 6.52. The summed E-state index contributed by atoms with van der Waals surface area (Å²) >= 11 is 0. The first-order valence-electron chi connectivity index (χ1n) is 8.32. The van der Waals surface area contributed by atoms with Gasteiger partial charge in [-0.25, -0.2) is 4.79 Å². The highest BCUT2D eigenvalue weighted by Gasteiger charge is 2.41. The van der Waals surface area contributed by atoms with Crippen molar-refractivity contribution < 1.29 is 24.5 Å². The minimum atomic E-state index is -1.11. The van der Waals surface area contributed by atoms with Gasteiger partial charge in [-0.05, 0) is 26.2 Å². The molecular weight excluding hydrogens is 314 g/mol. The molecule has 0 saturated carbocycles. The number of carboxylic acids is 1. The molecule has 1 atom stereocenters. The van der Waals surface area contributed by atoms with Crippen LogP contribution in [0.4, 0.5) is 0 Å². The zero-order chi connectivity index (χ0) is 17.3. The van der Waals surface area contributed by atoms with Gasteiger partial charge in [0.05, 0.1) is 19.7 Å². The Morgan fingerprint density at radius 3 is 2.79 bits per heavy atom. The maximum atomic E-state index is 12.9. The fraction of sp³-hybridized carbons (Fsp3) is 0.688. The Kier molecular flexibility index (Phi) is 4.60. The van der Waals surface area contributed by atoms with Crippen molar-refractivity contribution >= 4 is 11.9 Å². The number of aromatic nitrogens is 2. The van der Waals surface area contributed by atoms with Gasteiger partial charge in [0.15, 0.2) is 5.69 Å². The summed E-state index contributed by atoms with van der Waals surface area (Å²) < 4.78 is 7.27. The predicted octanol–water partition coefficient (Wildman–Crippen LogP) is 0.417. The average Bonchev–Trinajstić information content (AvgIpc) is 2.93. The van der Waals surface area contributed by atoms with Gasteiger partial charge in [0.2, 0.25) is 0 Å². The lowest BCUT2D eigenvalue weighted by Gasteiger charge is -2.38. The Labute approximate surface area is 140 Å². The van der Waals surface area contributed by atoms with Gasteiger partial charge in [-0.1, -0.05) is 0 Å². The fourth-order valence-electron chi connectivity index (χ4n) is 3.55. The van der Waals surface area contributed by atoms with E-state index in [0.717, 1.165) is 18.5 Å². The first-order valence-corrected chi connectivity index (χ1v) is 8.32. The minimum absolute atomic E-state index is 0.0364. The summed E-state index contributed by atoms with van der Waals surface area (Å²) in [6.07, 6.45) is 3.13. The van der Waals surface area contributed by atoms with Crippen molar-refractivity contribution in [3.63, 3.8) is 0 Å². The Balaban J connectivity index is 1.85. The van der Waals surface area contributed by atoms with Crippen LogP contribution in [0.5, 0.6) is 0 Å². The summed E-state index contributed by atoms with van der Waals surface area (Å²) in [5.41, 5.74) is 0.501. The van der Waals surface area contributed by atoms with Crippen LogP contribution in [0.15, 0.2) is 0 Å². The third-order valence-electron chi connectivity index (χ3n) is 4.86. The SMILES string of the molecule is C[C@]1(C(=O)N2CCc3c(c(C(=O)O)nn3CCO)C2)CCCCO1. The molecule has 1 fully saturated rings. The van der Waals surface area contributed by atoms with E-state index in [0.29, 0.717) is 31.6 Å². The number of carbonyl (C=O) groups excluding carboxylic acids is 1. The van der Waals surface area contributed by atoms with E-state index in [2.05, 4.69) is 5.10 Å². The molecule has 0 spiro atoms. The molecule has 0 aromatic carbocycles. The predicted molar refractivity (Wildman–Crippen MR) is 83.6 cm³/mol. The number of hydrogen-bond acceptors (Lipinski definition) is 5. The van der Waals surface area contributed by atoms with Gasteiger partial charge >= 0.3 is 5.97 Å². The van der Waals surface area contributed by atoms with Crippen molar-refractivity contribution in [2.24, 2.45) is 0 Å². The van der Waals surface area contributed by atoms with Crippen LogP contribution in [0.1, 0.15) is 47.9 Å². The third-order valence-corrected chi connectivity index (χ3v) is 4.86. The molecule has 2 aliphatic heterocycles. The highest BCUT2D eigenvalue weighted by molar-refractivity contribution is 5.89. The van der Waals surface area contributed by atoms with E-state index in [1.165, 1.54) is 0 Å². The molecule has 1 amide bonds. The van der Waals surface area contributed by atoms with Crippen LogP contribution in [0, 0.1) is 0 Å². The van der Waals surface area contributed by atoms with Crippen LogP contribution in [-0.4, -0.2) is 62.1 Å². The second-order valence-corrected chi connectivity index (χ2v) is 6.54. The van der Waals surface area contributed by atoms with Crippen LogP contribution >= 0.6 is 0 Å². The number of amides is 1. The number of hydrogen-bond donors (Lipinski definition) is 2. The van der Waals surface area contributed by atoms with Crippen LogP contribution < -0.4 is 0 Å². The zero-order valence-electron chi connectivity index (χ0n) is 13.8. The Bertz CT molecular complexity index is 648. The van der Waals surface area contributed by atoms with E-state index in [-0.39, 0.29) is 31.3 Å². The maximum absolute atomic E-state index is 12.9. The summed E-state index contributed by atoms with van der Waals surface area (Å²) in [6, 6.07) is 0. The quantitative estimate of drug-likeness (QED) is 0.825. The van der Waals surface area contributed by atoms with E-state index in [1.54, 1.807) is 9.58 Å². The van der Waals surface area contributed by atoms with Crippen molar-refractivity contribution in [3.05, 3.63) is 17.0 Å². The lowest BCUT2D eigenvalue weighted by Crippen LogP contribution is -2.51.